The molecule has 0 bridgehead atoms. The molecule has 31 heavy (non-hydrogen) atoms. The summed E-state index contributed by atoms with van der Waals surface area (Å²) in [6.45, 7) is 6.99. The van der Waals surface area contributed by atoms with Gasteiger partial charge in [0.05, 0.1) is 11.9 Å². The highest BCUT2D eigenvalue weighted by atomic mass is 19.1. The molecule has 3 aromatic rings. The summed E-state index contributed by atoms with van der Waals surface area (Å²) >= 11 is 0. The van der Waals surface area contributed by atoms with Gasteiger partial charge in [-0.05, 0) is 62.4 Å². The number of H-pyrrole nitrogens is 1. The van der Waals surface area contributed by atoms with Crippen LogP contribution < -0.4 is 0 Å². The van der Waals surface area contributed by atoms with Crippen LogP contribution in [0.15, 0.2) is 54.7 Å². The molecule has 1 aromatic heterocycles. The van der Waals surface area contributed by atoms with Crippen LogP contribution in [0.5, 0.6) is 0 Å². The van der Waals surface area contributed by atoms with Crippen LogP contribution in [0.25, 0.3) is 22.4 Å². The second kappa shape index (κ2) is 8.53. The van der Waals surface area contributed by atoms with Gasteiger partial charge in [0.25, 0.3) is 0 Å². The molecule has 2 aromatic carbocycles. The molecule has 2 heterocycles. The van der Waals surface area contributed by atoms with Gasteiger partial charge in [-0.1, -0.05) is 36.4 Å². The molecule has 162 valence electrons. The quantitative estimate of drug-likeness (QED) is 0.564. The topological polar surface area (TPSA) is 58.2 Å². The van der Waals surface area contributed by atoms with Crippen molar-refractivity contribution in [2.45, 2.75) is 45.1 Å². The zero-order valence-corrected chi connectivity index (χ0v) is 18.2. The smallest absolute Gasteiger partial charge is 0.410 e. The number of hydrogen-bond donors (Lipinski definition) is 1. The molecular weight excluding hydrogens is 393 g/mol. The molecular formula is C25H28FN3O2. The minimum atomic E-state index is -0.476. The number of aromatic nitrogens is 2. The SMILES string of the molecule is CC(C)(C)OC(=O)N1CCC(c2ncc(-c3ccc(-c4ccc(F)cc4)cc3)[nH]2)CC1. The fourth-order valence-electron chi connectivity index (χ4n) is 3.84. The number of halogens is 1. The maximum Gasteiger partial charge on any atom is 0.410 e. The molecule has 0 unspecified atom stereocenters. The van der Waals surface area contributed by atoms with Crippen LogP contribution in [0.4, 0.5) is 9.18 Å². The standard InChI is InChI=1S/C25H28FN3O2/c1-25(2,3)31-24(30)29-14-12-20(13-15-29)23-27-16-22(28-23)19-6-4-17(5-7-19)18-8-10-21(26)11-9-18/h4-11,16,20H,12-15H2,1-3H3,(H,27,28). The molecule has 0 atom stereocenters. The summed E-state index contributed by atoms with van der Waals surface area (Å²) in [6.07, 6.45) is 3.33. The van der Waals surface area contributed by atoms with Gasteiger partial charge in [0.15, 0.2) is 0 Å². The fourth-order valence-corrected chi connectivity index (χ4v) is 3.84. The number of hydrogen-bond acceptors (Lipinski definition) is 3. The summed E-state index contributed by atoms with van der Waals surface area (Å²) in [5, 5.41) is 0. The number of ether oxygens (including phenoxy) is 1. The third-order valence-corrected chi connectivity index (χ3v) is 5.50. The van der Waals surface area contributed by atoms with Crippen molar-refractivity contribution < 1.29 is 13.9 Å². The van der Waals surface area contributed by atoms with Crippen LogP contribution in [-0.4, -0.2) is 39.7 Å². The van der Waals surface area contributed by atoms with Crippen LogP contribution in [0.3, 0.4) is 0 Å². The van der Waals surface area contributed by atoms with E-state index in [9.17, 15) is 9.18 Å². The average Bonchev–Trinajstić information content (AvgIpc) is 3.24. The van der Waals surface area contributed by atoms with Gasteiger partial charge in [-0.25, -0.2) is 14.2 Å². The maximum absolute atomic E-state index is 13.1. The number of imidazole rings is 1. The Morgan fingerprint density at radius 3 is 2.13 bits per heavy atom. The lowest BCUT2D eigenvalue weighted by Crippen LogP contribution is -2.41. The Morgan fingerprint density at radius 1 is 1.00 bits per heavy atom. The molecule has 1 amide bonds. The summed E-state index contributed by atoms with van der Waals surface area (Å²) in [6, 6.07) is 14.6. The van der Waals surface area contributed by atoms with E-state index in [0.717, 1.165) is 41.1 Å². The maximum atomic E-state index is 13.1. The molecule has 0 spiro atoms. The molecule has 0 radical (unpaired) electrons. The van der Waals surface area contributed by atoms with Gasteiger partial charge in [-0.3, -0.25) is 0 Å². The van der Waals surface area contributed by atoms with Gasteiger partial charge in [0, 0.05) is 19.0 Å². The number of carbonyl (C=O) groups excluding carboxylic acids is 1. The van der Waals surface area contributed by atoms with Crippen molar-refractivity contribution in [1.82, 2.24) is 14.9 Å². The number of rotatable bonds is 3. The highest BCUT2D eigenvalue weighted by Crippen LogP contribution is 2.29. The first kappa shape index (κ1) is 21.1. The second-order valence-corrected chi connectivity index (χ2v) is 9.01. The second-order valence-electron chi connectivity index (χ2n) is 9.01. The van der Waals surface area contributed by atoms with E-state index in [0.29, 0.717) is 19.0 Å². The molecule has 5 nitrogen and oxygen atoms in total. The first-order valence-electron chi connectivity index (χ1n) is 10.7. The first-order valence-corrected chi connectivity index (χ1v) is 10.7. The van der Waals surface area contributed by atoms with E-state index >= 15 is 0 Å². The van der Waals surface area contributed by atoms with Crippen LogP contribution in [0.2, 0.25) is 0 Å². The third-order valence-electron chi connectivity index (χ3n) is 5.50. The Labute approximate surface area is 182 Å². The Hall–Kier alpha value is -3.15. The van der Waals surface area contributed by atoms with Crippen LogP contribution >= 0.6 is 0 Å². The van der Waals surface area contributed by atoms with Crippen molar-refractivity contribution in [3.63, 3.8) is 0 Å². The van der Waals surface area contributed by atoms with Crippen molar-refractivity contribution in [3.05, 3.63) is 66.4 Å². The van der Waals surface area contributed by atoms with Gasteiger partial charge < -0.3 is 14.6 Å². The molecule has 1 aliphatic rings. The predicted molar refractivity (Wildman–Crippen MR) is 119 cm³/mol. The minimum absolute atomic E-state index is 0.234. The summed E-state index contributed by atoms with van der Waals surface area (Å²) in [4.78, 5) is 22.1. The van der Waals surface area contributed by atoms with E-state index in [-0.39, 0.29) is 11.9 Å². The Bertz CT molecular complexity index is 1030. The molecule has 1 N–H and O–H groups in total. The van der Waals surface area contributed by atoms with Gasteiger partial charge in [-0.2, -0.15) is 0 Å². The van der Waals surface area contributed by atoms with E-state index in [1.807, 2.05) is 51.2 Å². The molecule has 1 aliphatic heterocycles. The molecule has 0 aliphatic carbocycles. The Morgan fingerprint density at radius 2 is 1.55 bits per heavy atom. The predicted octanol–water partition coefficient (Wildman–Crippen LogP) is 6.00. The number of likely N-dealkylation sites (tertiary alicyclic amines) is 1. The number of carbonyl (C=O) groups is 1. The molecule has 0 saturated carbocycles. The molecule has 4 rings (SSSR count). The zero-order chi connectivity index (χ0) is 22.0. The van der Waals surface area contributed by atoms with Gasteiger partial charge in [-0.15, -0.1) is 0 Å². The number of amides is 1. The summed E-state index contributed by atoms with van der Waals surface area (Å²) in [5.41, 5.74) is 3.56. The van der Waals surface area contributed by atoms with E-state index < -0.39 is 5.60 Å². The average molecular weight is 422 g/mol. The number of nitrogens with zero attached hydrogens (tertiary/aromatic N) is 2. The lowest BCUT2D eigenvalue weighted by Gasteiger charge is -2.32. The van der Waals surface area contributed by atoms with Gasteiger partial charge in [0.2, 0.25) is 0 Å². The van der Waals surface area contributed by atoms with Crippen LogP contribution in [-0.2, 0) is 4.74 Å². The van der Waals surface area contributed by atoms with Crippen molar-refractivity contribution in [1.29, 1.82) is 0 Å². The fraction of sp³-hybridized carbons (Fsp3) is 0.360. The minimum Gasteiger partial charge on any atom is -0.444 e. The van der Waals surface area contributed by atoms with Crippen LogP contribution in [0, 0.1) is 5.82 Å². The van der Waals surface area contributed by atoms with Crippen molar-refractivity contribution >= 4 is 6.09 Å². The number of aromatic amines is 1. The van der Waals surface area contributed by atoms with E-state index in [4.69, 9.17) is 4.74 Å². The molecule has 1 saturated heterocycles. The van der Waals surface area contributed by atoms with Gasteiger partial charge >= 0.3 is 6.09 Å². The Balaban J connectivity index is 1.39. The van der Waals surface area contributed by atoms with E-state index in [2.05, 4.69) is 9.97 Å². The van der Waals surface area contributed by atoms with Crippen LogP contribution in [0.1, 0.15) is 45.4 Å². The summed E-state index contributed by atoms with van der Waals surface area (Å²) in [7, 11) is 0. The van der Waals surface area contributed by atoms with E-state index in [1.54, 1.807) is 17.0 Å². The highest BCUT2D eigenvalue weighted by Gasteiger charge is 2.28. The zero-order valence-electron chi connectivity index (χ0n) is 18.2. The summed E-state index contributed by atoms with van der Waals surface area (Å²) < 4.78 is 18.6. The van der Waals surface area contributed by atoms with Crippen molar-refractivity contribution in [2.24, 2.45) is 0 Å². The monoisotopic (exact) mass is 421 g/mol. The number of benzene rings is 2. The van der Waals surface area contributed by atoms with Crippen molar-refractivity contribution in [2.75, 3.05) is 13.1 Å². The Kier molecular flexibility index (Phi) is 5.81. The van der Waals surface area contributed by atoms with E-state index in [1.165, 1.54) is 12.1 Å². The number of nitrogens with one attached hydrogen (secondary N) is 1. The van der Waals surface area contributed by atoms with Crippen molar-refractivity contribution in [3.8, 4) is 22.4 Å². The molecule has 1 fully saturated rings. The lowest BCUT2D eigenvalue weighted by atomic mass is 9.96. The highest BCUT2D eigenvalue weighted by molar-refractivity contribution is 5.69. The lowest BCUT2D eigenvalue weighted by molar-refractivity contribution is 0.0203. The molecule has 6 heteroatoms. The third kappa shape index (κ3) is 5.13. The summed E-state index contributed by atoms with van der Waals surface area (Å²) in [5.74, 6) is 1.02. The first-order chi connectivity index (χ1) is 14.8. The largest absolute Gasteiger partial charge is 0.444 e. The van der Waals surface area contributed by atoms with Gasteiger partial charge in [0.1, 0.15) is 17.2 Å². The normalized spacial score (nSPS) is 15.2. The number of piperidine rings is 1.